The summed E-state index contributed by atoms with van der Waals surface area (Å²) in [5, 5.41) is 11.7. The second-order valence-electron chi connectivity index (χ2n) is 5.06. The number of nitrogens with zero attached hydrogens (tertiary/aromatic N) is 2. The van der Waals surface area contributed by atoms with Gasteiger partial charge in [0.15, 0.2) is 0 Å². The van der Waals surface area contributed by atoms with Crippen LogP contribution < -0.4 is 10.1 Å². The van der Waals surface area contributed by atoms with E-state index in [2.05, 4.69) is 10.3 Å². The van der Waals surface area contributed by atoms with Gasteiger partial charge in [0.25, 0.3) is 5.91 Å². The van der Waals surface area contributed by atoms with Crippen LogP contribution in [0, 0.1) is 17.1 Å². The first kappa shape index (κ1) is 16.1. The fourth-order valence-corrected chi connectivity index (χ4v) is 2.11. The van der Waals surface area contributed by atoms with Crippen LogP contribution in [0.15, 0.2) is 66.9 Å². The quantitative estimate of drug-likeness (QED) is 0.779. The summed E-state index contributed by atoms with van der Waals surface area (Å²) in [4.78, 5) is 16.1. The molecule has 0 saturated carbocycles. The molecule has 0 aliphatic heterocycles. The van der Waals surface area contributed by atoms with Gasteiger partial charge in [0.1, 0.15) is 23.2 Å². The van der Waals surface area contributed by atoms with Gasteiger partial charge in [-0.15, -0.1) is 0 Å². The van der Waals surface area contributed by atoms with Crippen molar-refractivity contribution in [2.45, 2.75) is 0 Å². The number of pyridine rings is 1. The van der Waals surface area contributed by atoms with Crippen molar-refractivity contribution >= 4 is 11.6 Å². The number of benzene rings is 2. The Morgan fingerprint density at radius 1 is 1.12 bits per heavy atom. The van der Waals surface area contributed by atoms with Gasteiger partial charge >= 0.3 is 0 Å². The molecule has 2 aromatic carbocycles. The summed E-state index contributed by atoms with van der Waals surface area (Å²) < 4.78 is 18.7. The van der Waals surface area contributed by atoms with Crippen LogP contribution in [0.25, 0.3) is 0 Å². The van der Waals surface area contributed by atoms with E-state index in [1.807, 2.05) is 6.07 Å². The van der Waals surface area contributed by atoms with Crippen LogP contribution in [0.2, 0.25) is 0 Å². The van der Waals surface area contributed by atoms with Crippen LogP contribution in [-0.4, -0.2) is 10.9 Å². The van der Waals surface area contributed by atoms with Crippen LogP contribution in [0.5, 0.6) is 11.6 Å². The molecule has 0 unspecified atom stereocenters. The average molecular weight is 333 g/mol. The van der Waals surface area contributed by atoms with E-state index in [0.717, 1.165) is 6.07 Å². The monoisotopic (exact) mass is 333 g/mol. The van der Waals surface area contributed by atoms with Gasteiger partial charge in [-0.2, -0.15) is 5.26 Å². The van der Waals surface area contributed by atoms with Gasteiger partial charge in [-0.25, -0.2) is 9.37 Å². The molecule has 3 aromatic rings. The minimum atomic E-state index is -0.472. The fraction of sp³-hybridized carbons (Fsp3) is 0. The lowest BCUT2D eigenvalue weighted by Crippen LogP contribution is -2.11. The molecule has 0 spiro atoms. The molecule has 0 bridgehead atoms. The smallest absolute Gasteiger partial charge is 0.255 e. The van der Waals surface area contributed by atoms with Crippen molar-refractivity contribution < 1.29 is 13.9 Å². The summed E-state index contributed by atoms with van der Waals surface area (Å²) in [7, 11) is 0. The third-order valence-corrected chi connectivity index (χ3v) is 3.31. The van der Waals surface area contributed by atoms with Gasteiger partial charge in [0, 0.05) is 17.4 Å². The zero-order valence-electron chi connectivity index (χ0n) is 12.9. The summed E-state index contributed by atoms with van der Waals surface area (Å²) in [6.07, 6.45) is 1.53. The number of carbonyl (C=O) groups is 1. The Kier molecular flexibility index (Phi) is 4.67. The number of halogens is 1. The lowest BCUT2D eigenvalue weighted by molar-refractivity contribution is 0.102. The first-order valence-corrected chi connectivity index (χ1v) is 7.35. The van der Waals surface area contributed by atoms with Crippen molar-refractivity contribution in [3.05, 3.63) is 83.8 Å². The van der Waals surface area contributed by atoms with E-state index in [1.165, 1.54) is 24.4 Å². The zero-order valence-corrected chi connectivity index (χ0v) is 12.9. The third-order valence-electron chi connectivity index (χ3n) is 3.31. The molecule has 1 N–H and O–H groups in total. The molecule has 0 saturated heterocycles. The molecule has 25 heavy (non-hydrogen) atoms. The number of hydrogen-bond acceptors (Lipinski definition) is 4. The molecule has 3 rings (SSSR count). The number of rotatable bonds is 4. The van der Waals surface area contributed by atoms with E-state index in [1.54, 1.807) is 36.4 Å². The van der Waals surface area contributed by atoms with E-state index in [-0.39, 0.29) is 11.4 Å². The van der Waals surface area contributed by atoms with Gasteiger partial charge in [-0.3, -0.25) is 4.79 Å². The molecular weight excluding hydrogens is 321 g/mol. The largest absolute Gasteiger partial charge is 0.438 e. The Bertz CT molecular complexity index is 949. The highest BCUT2D eigenvalue weighted by atomic mass is 19.1. The maximum absolute atomic E-state index is 13.2. The predicted octanol–water partition coefficient (Wildman–Crippen LogP) is 4.14. The minimum absolute atomic E-state index is 0.210. The van der Waals surface area contributed by atoms with Crippen LogP contribution in [0.3, 0.4) is 0 Å². The zero-order chi connectivity index (χ0) is 17.6. The van der Waals surface area contributed by atoms with E-state index < -0.39 is 11.7 Å². The first-order valence-electron chi connectivity index (χ1n) is 7.35. The predicted molar refractivity (Wildman–Crippen MR) is 89.8 cm³/mol. The van der Waals surface area contributed by atoms with Crippen molar-refractivity contribution in [2.75, 3.05) is 5.32 Å². The number of carbonyl (C=O) groups excluding carboxylic acids is 1. The summed E-state index contributed by atoms with van der Waals surface area (Å²) >= 11 is 0. The second-order valence-corrected chi connectivity index (χ2v) is 5.06. The van der Waals surface area contributed by atoms with E-state index >= 15 is 0 Å². The molecule has 0 aliphatic rings. The molecule has 122 valence electrons. The topological polar surface area (TPSA) is 75.0 Å². The molecule has 0 aliphatic carbocycles. The van der Waals surface area contributed by atoms with E-state index in [9.17, 15) is 9.18 Å². The third kappa shape index (κ3) is 3.98. The standard InChI is InChI=1S/C19H12FN3O2/c20-15-5-1-3-13(11-15)18(24)23-16-6-8-17(9-7-16)25-19-14(12-21)4-2-10-22-19/h1-11H,(H,23,24). The van der Waals surface area contributed by atoms with Gasteiger partial charge in [-0.05, 0) is 54.6 Å². The number of aromatic nitrogens is 1. The van der Waals surface area contributed by atoms with E-state index in [0.29, 0.717) is 17.0 Å². The maximum Gasteiger partial charge on any atom is 0.255 e. The number of nitrogens with one attached hydrogen (secondary N) is 1. The number of ether oxygens (including phenoxy) is 1. The molecule has 1 aromatic heterocycles. The Hall–Kier alpha value is -3.72. The highest BCUT2D eigenvalue weighted by molar-refractivity contribution is 6.04. The Labute approximate surface area is 143 Å². The molecule has 5 nitrogen and oxygen atoms in total. The molecular formula is C19H12FN3O2. The van der Waals surface area contributed by atoms with E-state index in [4.69, 9.17) is 10.00 Å². The second kappa shape index (κ2) is 7.23. The molecule has 0 atom stereocenters. The fourth-order valence-electron chi connectivity index (χ4n) is 2.11. The molecule has 1 amide bonds. The summed E-state index contributed by atoms with van der Waals surface area (Å²) in [5.41, 5.74) is 1.08. The van der Waals surface area contributed by atoms with Crippen molar-refractivity contribution in [1.82, 2.24) is 4.98 Å². The highest BCUT2D eigenvalue weighted by Crippen LogP contribution is 2.24. The lowest BCUT2D eigenvalue weighted by Gasteiger charge is -2.08. The first-order chi connectivity index (χ1) is 12.2. The molecule has 6 heteroatoms. The van der Waals surface area contributed by atoms with Crippen LogP contribution in [0.1, 0.15) is 15.9 Å². The van der Waals surface area contributed by atoms with Gasteiger partial charge in [0.05, 0.1) is 0 Å². The van der Waals surface area contributed by atoms with Gasteiger partial charge in [0.2, 0.25) is 5.88 Å². The highest BCUT2D eigenvalue weighted by Gasteiger charge is 2.08. The summed E-state index contributed by atoms with van der Waals surface area (Å²) in [6, 6.07) is 17.2. The SMILES string of the molecule is N#Cc1cccnc1Oc1ccc(NC(=O)c2cccc(F)c2)cc1. The average Bonchev–Trinajstić information content (AvgIpc) is 2.64. The van der Waals surface area contributed by atoms with Crippen molar-refractivity contribution in [3.63, 3.8) is 0 Å². The minimum Gasteiger partial charge on any atom is -0.438 e. The Balaban J connectivity index is 1.70. The summed E-state index contributed by atoms with van der Waals surface area (Å²) in [6.45, 7) is 0. The van der Waals surface area contributed by atoms with Crippen molar-refractivity contribution in [3.8, 4) is 17.7 Å². The summed E-state index contributed by atoms with van der Waals surface area (Å²) in [5.74, 6) is -0.204. The van der Waals surface area contributed by atoms with Gasteiger partial charge in [-0.1, -0.05) is 6.07 Å². The molecule has 1 heterocycles. The Morgan fingerprint density at radius 3 is 2.64 bits per heavy atom. The number of anilines is 1. The number of hydrogen-bond donors (Lipinski definition) is 1. The van der Waals surface area contributed by atoms with Crippen molar-refractivity contribution in [2.24, 2.45) is 0 Å². The van der Waals surface area contributed by atoms with Gasteiger partial charge < -0.3 is 10.1 Å². The van der Waals surface area contributed by atoms with Crippen LogP contribution in [-0.2, 0) is 0 Å². The Morgan fingerprint density at radius 2 is 1.92 bits per heavy atom. The molecule has 0 radical (unpaired) electrons. The number of nitriles is 1. The lowest BCUT2D eigenvalue weighted by atomic mass is 10.2. The normalized spacial score (nSPS) is 9.92. The maximum atomic E-state index is 13.2. The van der Waals surface area contributed by atoms with Crippen LogP contribution in [0.4, 0.5) is 10.1 Å². The number of amides is 1. The van der Waals surface area contributed by atoms with Crippen molar-refractivity contribution in [1.29, 1.82) is 5.26 Å². The molecule has 0 fully saturated rings. The van der Waals surface area contributed by atoms with Crippen LogP contribution >= 0.6 is 0 Å².